The first-order valence-electron chi connectivity index (χ1n) is 6.77. The molecular weight excluding hydrogens is 356 g/mol. The average Bonchev–Trinajstić information content (AvgIpc) is 2.52. The third kappa shape index (κ3) is 3.99. The fourth-order valence-corrected chi connectivity index (χ4v) is 3.69. The van der Waals surface area contributed by atoms with Crippen LogP contribution in [0.2, 0.25) is 5.02 Å². The summed E-state index contributed by atoms with van der Waals surface area (Å²) in [5.74, 6) is 0.662. The summed E-state index contributed by atoms with van der Waals surface area (Å²) < 4.78 is 27.2. The van der Waals surface area contributed by atoms with Gasteiger partial charge in [-0.1, -0.05) is 17.7 Å². The number of hydrogen-bond acceptors (Lipinski definition) is 6. The fourth-order valence-electron chi connectivity index (χ4n) is 1.97. The van der Waals surface area contributed by atoms with Crippen molar-refractivity contribution >= 4 is 33.1 Å². The van der Waals surface area contributed by atoms with Crippen LogP contribution in [0.3, 0.4) is 0 Å². The van der Waals surface area contributed by atoms with Crippen molar-refractivity contribution in [3.05, 3.63) is 57.2 Å². The maximum atomic E-state index is 12.4. The highest BCUT2D eigenvalue weighted by Gasteiger charge is 2.28. The summed E-state index contributed by atoms with van der Waals surface area (Å²) in [6, 6.07) is 7.07. The zero-order chi connectivity index (χ0) is 17.9. The molecular formula is C14H15ClN4O4S. The van der Waals surface area contributed by atoms with Crippen LogP contribution in [0, 0.1) is 10.1 Å². The Balaban J connectivity index is 2.30. The lowest BCUT2D eigenvalue weighted by atomic mass is 10.2. The van der Waals surface area contributed by atoms with E-state index in [0.29, 0.717) is 11.4 Å². The molecule has 0 amide bonds. The van der Waals surface area contributed by atoms with Gasteiger partial charge in [-0.25, -0.2) is 18.1 Å². The monoisotopic (exact) mass is 370 g/mol. The predicted octanol–water partition coefficient (Wildman–Crippen LogP) is 2.19. The van der Waals surface area contributed by atoms with Crippen LogP contribution in [-0.4, -0.2) is 32.4 Å². The van der Waals surface area contributed by atoms with E-state index in [1.807, 2.05) is 14.1 Å². The van der Waals surface area contributed by atoms with Crippen molar-refractivity contribution in [1.29, 1.82) is 0 Å². The molecule has 0 aliphatic carbocycles. The highest BCUT2D eigenvalue weighted by atomic mass is 35.5. The molecule has 1 N–H and O–H groups in total. The SMILES string of the molecule is CN(C)c1cc(CNS(=O)(=O)c2c(Cl)cccc2[N+](=O)[O-])ccn1. The third-order valence-electron chi connectivity index (χ3n) is 3.15. The summed E-state index contributed by atoms with van der Waals surface area (Å²) in [5, 5.41) is 10.8. The summed E-state index contributed by atoms with van der Waals surface area (Å²) in [5.41, 5.74) is 0.0886. The van der Waals surface area contributed by atoms with Crippen LogP contribution in [0.4, 0.5) is 11.5 Å². The Morgan fingerprint density at radius 3 is 2.67 bits per heavy atom. The van der Waals surface area contributed by atoms with Crippen LogP contribution >= 0.6 is 11.6 Å². The quantitative estimate of drug-likeness (QED) is 0.617. The average molecular weight is 371 g/mol. The minimum absolute atomic E-state index is 0.0475. The van der Waals surface area contributed by atoms with Crippen molar-refractivity contribution in [2.75, 3.05) is 19.0 Å². The first-order valence-corrected chi connectivity index (χ1v) is 8.63. The second-order valence-corrected chi connectivity index (χ2v) is 7.20. The molecule has 0 aliphatic heterocycles. The van der Waals surface area contributed by atoms with E-state index in [4.69, 9.17) is 11.6 Å². The standard InChI is InChI=1S/C14H15ClN4O4S/c1-18(2)13-8-10(6-7-16-13)9-17-24(22,23)14-11(15)4-3-5-12(14)19(20)21/h3-8,17H,9H2,1-2H3. The Kier molecular flexibility index (Phi) is 5.37. The molecule has 24 heavy (non-hydrogen) atoms. The number of benzene rings is 1. The van der Waals surface area contributed by atoms with E-state index in [1.165, 1.54) is 12.1 Å². The summed E-state index contributed by atoms with van der Waals surface area (Å²) in [6.45, 7) is -0.0475. The van der Waals surface area contributed by atoms with E-state index in [9.17, 15) is 18.5 Å². The molecule has 1 aromatic carbocycles. The normalized spacial score (nSPS) is 11.3. The Hall–Kier alpha value is -2.23. The van der Waals surface area contributed by atoms with E-state index in [0.717, 1.165) is 6.07 Å². The molecule has 1 heterocycles. The van der Waals surface area contributed by atoms with Crippen molar-refractivity contribution in [1.82, 2.24) is 9.71 Å². The van der Waals surface area contributed by atoms with E-state index in [-0.39, 0.29) is 11.6 Å². The van der Waals surface area contributed by atoms with Gasteiger partial charge in [0.15, 0.2) is 4.90 Å². The lowest BCUT2D eigenvalue weighted by molar-refractivity contribution is -0.387. The molecule has 8 nitrogen and oxygen atoms in total. The molecule has 0 fully saturated rings. The number of sulfonamides is 1. The second-order valence-electron chi connectivity index (χ2n) is 5.09. The number of nitrogens with one attached hydrogen (secondary N) is 1. The maximum Gasteiger partial charge on any atom is 0.290 e. The molecule has 10 heteroatoms. The predicted molar refractivity (Wildman–Crippen MR) is 90.7 cm³/mol. The van der Waals surface area contributed by atoms with Crippen molar-refractivity contribution in [3.8, 4) is 0 Å². The molecule has 0 saturated carbocycles. The maximum absolute atomic E-state index is 12.4. The zero-order valence-corrected chi connectivity index (χ0v) is 14.5. The van der Waals surface area contributed by atoms with E-state index in [2.05, 4.69) is 9.71 Å². The minimum Gasteiger partial charge on any atom is -0.363 e. The van der Waals surface area contributed by atoms with Gasteiger partial charge in [-0.05, 0) is 23.8 Å². The highest BCUT2D eigenvalue weighted by molar-refractivity contribution is 7.89. The van der Waals surface area contributed by atoms with Crippen LogP contribution in [0.1, 0.15) is 5.56 Å². The lowest BCUT2D eigenvalue weighted by Gasteiger charge is -2.13. The Morgan fingerprint density at radius 1 is 1.33 bits per heavy atom. The molecule has 0 saturated heterocycles. The molecule has 0 atom stereocenters. The van der Waals surface area contributed by atoms with Crippen molar-refractivity contribution in [2.45, 2.75) is 11.4 Å². The minimum atomic E-state index is -4.16. The van der Waals surface area contributed by atoms with Gasteiger partial charge < -0.3 is 4.90 Å². The molecule has 2 aromatic rings. The molecule has 0 unspecified atom stereocenters. The Labute approximate surface area is 144 Å². The molecule has 2 rings (SSSR count). The van der Waals surface area contributed by atoms with Gasteiger partial charge in [0, 0.05) is 32.9 Å². The third-order valence-corrected chi connectivity index (χ3v) is 5.06. The fraction of sp³-hybridized carbons (Fsp3) is 0.214. The highest BCUT2D eigenvalue weighted by Crippen LogP contribution is 2.30. The topological polar surface area (TPSA) is 105 Å². The smallest absolute Gasteiger partial charge is 0.290 e. The van der Waals surface area contributed by atoms with Gasteiger partial charge in [0.2, 0.25) is 10.0 Å². The van der Waals surface area contributed by atoms with Gasteiger partial charge in [0.05, 0.1) is 9.95 Å². The van der Waals surface area contributed by atoms with Gasteiger partial charge in [0.25, 0.3) is 5.69 Å². The van der Waals surface area contributed by atoms with E-state index < -0.39 is 25.5 Å². The van der Waals surface area contributed by atoms with Crippen LogP contribution in [-0.2, 0) is 16.6 Å². The van der Waals surface area contributed by atoms with Crippen molar-refractivity contribution in [3.63, 3.8) is 0 Å². The van der Waals surface area contributed by atoms with E-state index in [1.54, 1.807) is 23.2 Å². The zero-order valence-electron chi connectivity index (χ0n) is 12.9. The van der Waals surface area contributed by atoms with Crippen LogP contribution in [0.25, 0.3) is 0 Å². The van der Waals surface area contributed by atoms with Crippen molar-refractivity contribution < 1.29 is 13.3 Å². The molecule has 1 aromatic heterocycles. The molecule has 128 valence electrons. The summed E-state index contributed by atoms with van der Waals surface area (Å²) >= 11 is 5.87. The number of halogens is 1. The molecule has 0 bridgehead atoms. The summed E-state index contributed by atoms with van der Waals surface area (Å²) in [4.78, 5) is 15.6. The number of nitro groups is 1. The first-order chi connectivity index (χ1) is 11.2. The number of anilines is 1. The molecule has 0 spiro atoms. The Bertz CT molecular complexity index is 871. The Morgan fingerprint density at radius 2 is 2.04 bits per heavy atom. The number of rotatable bonds is 6. The molecule has 0 radical (unpaired) electrons. The largest absolute Gasteiger partial charge is 0.363 e. The summed E-state index contributed by atoms with van der Waals surface area (Å²) in [6.07, 6.45) is 1.55. The van der Waals surface area contributed by atoms with Gasteiger partial charge in [-0.2, -0.15) is 0 Å². The first kappa shape index (κ1) is 18.1. The van der Waals surface area contributed by atoms with E-state index >= 15 is 0 Å². The number of hydrogen-bond donors (Lipinski definition) is 1. The summed E-state index contributed by atoms with van der Waals surface area (Å²) in [7, 11) is -0.538. The number of nitrogens with zero attached hydrogens (tertiary/aromatic N) is 3. The number of nitro benzene ring substituents is 1. The van der Waals surface area contributed by atoms with Crippen LogP contribution < -0.4 is 9.62 Å². The van der Waals surface area contributed by atoms with Gasteiger partial charge in [0.1, 0.15) is 5.82 Å². The van der Waals surface area contributed by atoms with Crippen molar-refractivity contribution in [2.24, 2.45) is 0 Å². The molecule has 0 aliphatic rings. The second kappa shape index (κ2) is 7.12. The lowest BCUT2D eigenvalue weighted by Crippen LogP contribution is -2.24. The van der Waals surface area contributed by atoms with Gasteiger partial charge in [-0.15, -0.1) is 0 Å². The van der Waals surface area contributed by atoms with Gasteiger partial charge >= 0.3 is 0 Å². The number of pyridine rings is 1. The van der Waals surface area contributed by atoms with Crippen LogP contribution in [0.15, 0.2) is 41.4 Å². The van der Waals surface area contributed by atoms with Crippen LogP contribution in [0.5, 0.6) is 0 Å². The number of aromatic nitrogens is 1. The van der Waals surface area contributed by atoms with Gasteiger partial charge in [-0.3, -0.25) is 10.1 Å².